The van der Waals surface area contributed by atoms with E-state index in [0.717, 1.165) is 0 Å². The molecule has 0 bridgehead atoms. The Morgan fingerprint density at radius 2 is 2.04 bits per heavy atom. The summed E-state index contributed by atoms with van der Waals surface area (Å²) in [5.41, 5.74) is 0.991. The molecule has 0 spiro atoms. The second-order valence-electron chi connectivity index (χ2n) is 5.06. The molecule has 126 valence electrons. The van der Waals surface area contributed by atoms with E-state index < -0.39 is 5.91 Å². The molecule has 0 saturated heterocycles. The first-order valence-electron chi connectivity index (χ1n) is 7.66. The Balaban J connectivity index is 2.03. The number of hydrogen-bond donors (Lipinski definition) is 1. The van der Waals surface area contributed by atoms with Gasteiger partial charge in [0.05, 0.1) is 11.9 Å². The molecular weight excluding hydrogens is 323 g/mol. The Morgan fingerprint density at radius 3 is 2.76 bits per heavy atom. The predicted octanol–water partition coefficient (Wildman–Crippen LogP) is 3.22. The fraction of sp³-hybridized carbons (Fsp3) is 0.111. The van der Waals surface area contributed by atoms with E-state index in [2.05, 4.69) is 20.3 Å². The van der Waals surface area contributed by atoms with Crippen LogP contribution in [0.2, 0.25) is 0 Å². The van der Waals surface area contributed by atoms with E-state index >= 15 is 0 Å². The van der Waals surface area contributed by atoms with Crippen LogP contribution in [0.5, 0.6) is 11.6 Å². The van der Waals surface area contributed by atoms with Gasteiger partial charge in [0.15, 0.2) is 5.69 Å². The molecule has 0 unspecified atom stereocenters. The van der Waals surface area contributed by atoms with Gasteiger partial charge in [-0.1, -0.05) is 12.1 Å². The molecule has 25 heavy (non-hydrogen) atoms. The Labute approximate surface area is 143 Å². The van der Waals surface area contributed by atoms with E-state index in [1.54, 1.807) is 43.6 Å². The second kappa shape index (κ2) is 7.48. The van der Waals surface area contributed by atoms with Gasteiger partial charge in [-0.2, -0.15) is 0 Å². The molecule has 0 saturated carbocycles. The summed E-state index contributed by atoms with van der Waals surface area (Å²) in [5, 5.41) is 2.66. The number of aromatic nitrogens is 3. The van der Waals surface area contributed by atoms with Gasteiger partial charge < -0.3 is 10.1 Å². The SMILES string of the molecule is CCNC(=O)c1ncc(-c2cccc(F)c2)nc1Oc1ccncc1. The molecule has 7 heteroatoms. The van der Waals surface area contributed by atoms with Gasteiger partial charge in [0.1, 0.15) is 11.6 Å². The van der Waals surface area contributed by atoms with Crippen molar-refractivity contribution in [1.82, 2.24) is 20.3 Å². The summed E-state index contributed by atoms with van der Waals surface area (Å²) in [6.45, 7) is 2.25. The maximum Gasteiger partial charge on any atom is 0.275 e. The zero-order valence-electron chi connectivity index (χ0n) is 13.4. The number of carbonyl (C=O) groups excluding carboxylic acids is 1. The molecule has 0 radical (unpaired) electrons. The highest BCUT2D eigenvalue weighted by atomic mass is 19.1. The summed E-state index contributed by atoms with van der Waals surface area (Å²) in [7, 11) is 0. The standard InChI is InChI=1S/C18H15FN4O2/c1-2-21-17(24)16-18(25-14-6-8-20-9-7-14)23-15(11-22-16)12-4-3-5-13(19)10-12/h3-11H,2H2,1H3,(H,21,24). The largest absolute Gasteiger partial charge is 0.437 e. The van der Waals surface area contributed by atoms with Crippen LogP contribution in [-0.2, 0) is 0 Å². The molecule has 2 heterocycles. The fourth-order valence-electron chi connectivity index (χ4n) is 2.15. The molecule has 2 aromatic heterocycles. The number of hydrogen-bond acceptors (Lipinski definition) is 5. The van der Waals surface area contributed by atoms with Gasteiger partial charge in [0.25, 0.3) is 11.8 Å². The number of amides is 1. The summed E-state index contributed by atoms with van der Waals surface area (Å²) in [6.07, 6.45) is 4.54. The third-order valence-corrected chi connectivity index (χ3v) is 3.28. The molecule has 0 aliphatic rings. The van der Waals surface area contributed by atoms with Crippen molar-refractivity contribution in [3.8, 4) is 22.9 Å². The molecule has 0 fully saturated rings. The molecular formula is C18H15FN4O2. The lowest BCUT2D eigenvalue weighted by Gasteiger charge is -2.11. The average molecular weight is 338 g/mol. The molecule has 0 aliphatic carbocycles. The van der Waals surface area contributed by atoms with Crippen molar-refractivity contribution < 1.29 is 13.9 Å². The fourth-order valence-corrected chi connectivity index (χ4v) is 2.15. The summed E-state index contributed by atoms with van der Waals surface area (Å²) in [5.74, 6) is -0.279. The van der Waals surface area contributed by atoms with Crippen molar-refractivity contribution in [3.63, 3.8) is 0 Å². The van der Waals surface area contributed by atoms with Crippen LogP contribution < -0.4 is 10.1 Å². The highest BCUT2D eigenvalue weighted by Crippen LogP contribution is 2.25. The van der Waals surface area contributed by atoms with Crippen molar-refractivity contribution in [2.45, 2.75) is 6.92 Å². The van der Waals surface area contributed by atoms with Crippen molar-refractivity contribution in [3.05, 3.63) is 66.5 Å². The van der Waals surface area contributed by atoms with Gasteiger partial charge in [-0.15, -0.1) is 0 Å². The second-order valence-corrected chi connectivity index (χ2v) is 5.06. The van der Waals surface area contributed by atoms with Crippen LogP contribution in [0.1, 0.15) is 17.4 Å². The molecule has 6 nitrogen and oxygen atoms in total. The van der Waals surface area contributed by atoms with Crippen LogP contribution in [-0.4, -0.2) is 27.4 Å². The molecule has 3 aromatic rings. The summed E-state index contributed by atoms with van der Waals surface area (Å²) in [4.78, 5) is 24.6. The first kappa shape index (κ1) is 16.5. The highest BCUT2D eigenvalue weighted by molar-refractivity contribution is 5.94. The lowest BCUT2D eigenvalue weighted by atomic mass is 10.1. The molecule has 3 rings (SSSR count). The van der Waals surface area contributed by atoms with E-state index in [4.69, 9.17) is 4.74 Å². The first-order valence-corrected chi connectivity index (χ1v) is 7.66. The number of nitrogens with one attached hydrogen (secondary N) is 1. The minimum atomic E-state index is -0.398. The number of pyridine rings is 1. The third kappa shape index (κ3) is 3.95. The minimum Gasteiger partial charge on any atom is -0.437 e. The number of ether oxygens (including phenoxy) is 1. The van der Waals surface area contributed by atoms with Crippen molar-refractivity contribution >= 4 is 5.91 Å². The smallest absolute Gasteiger partial charge is 0.275 e. The number of carbonyl (C=O) groups is 1. The van der Waals surface area contributed by atoms with Crippen molar-refractivity contribution in [1.29, 1.82) is 0 Å². The predicted molar refractivity (Wildman–Crippen MR) is 89.7 cm³/mol. The van der Waals surface area contributed by atoms with Crippen LogP contribution in [0, 0.1) is 5.82 Å². The van der Waals surface area contributed by atoms with Crippen LogP contribution in [0.3, 0.4) is 0 Å². The minimum absolute atomic E-state index is 0.0407. The van der Waals surface area contributed by atoms with Gasteiger partial charge >= 0.3 is 0 Å². The van der Waals surface area contributed by atoms with Gasteiger partial charge in [0, 0.05) is 24.5 Å². The maximum absolute atomic E-state index is 13.5. The van der Waals surface area contributed by atoms with Crippen LogP contribution in [0.4, 0.5) is 4.39 Å². The number of halogens is 1. The third-order valence-electron chi connectivity index (χ3n) is 3.28. The summed E-state index contributed by atoms with van der Waals surface area (Å²) < 4.78 is 19.2. The van der Waals surface area contributed by atoms with Gasteiger partial charge in [-0.3, -0.25) is 9.78 Å². The topological polar surface area (TPSA) is 77.0 Å². The van der Waals surface area contributed by atoms with Gasteiger partial charge in [-0.25, -0.2) is 14.4 Å². The maximum atomic E-state index is 13.5. The quantitative estimate of drug-likeness (QED) is 0.773. The molecule has 0 atom stereocenters. The van der Waals surface area contributed by atoms with Crippen LogP contribution >= 0.6 is 0 Å². The molecule has 1 aromatic carbocycles. The lowest BCUT2D eigenvalue weighted by molar-refractivity contribution is 0.0947. The van der Waals surface area contributed by atoms with E-state index in [9.17, 15) is 9.18 Å². The van der Waals surface area contributed by atoms with E-state index in [1.807, 2.05) is 0 Å². The molecule has 0 aliphatic heterocycles. The Bertz CT molecular complexity index is 887. The number of benzene rings is 1. The van der Waals surface area contributed by atoms with E-state index in [0.29, 0.717) is 23.6 Å². The lowest BCUT2D eigenvalue weighted by Crippen LogP contribution is -2.24. The monoisotopic (exact) mass is 338 g/mol. The Kier molecular flexibility index (Phi) is 4.94. The van der Waals surface area contributed by atoms with E-state index in [1.165, 1.54) is 18.3 Å². The first-order chi connectivity index (χ1) is 12.2. The van der Waals surface area contributed by atoms with Crippen LogP contribution in [0.25, 0.3) is 11.3 Å². The van der Waals surface area contributed by atoms with Crippen molar-refractivity contribution in [2.24, 2.45) is 0 Å². The Hall–Kier alpha value is -3.35. The zero-order valence-corrected chi connectivity index (χ0v) is 13.4. The van der Waals surface area contributed by atoms with Gasteiger partial charge in [0.2, 0.25) is 0 Å². The molecule has 1 amide bonds. The number of nitrogens with zero attached hydrogens (tertiary/aromatic N) is 3. The highest BCUT2D eigenvalue weighted by Gasteiger charge is 2.18. The van der Waals surface area contributed by atoms with Crippen molar-refractivity contribution in [2.75, 3.05) is 6.54 Å². The summed E-state index contributed by atoms with van der Waals surface area (Å²) in [6, 6.07) is 9.24. The zero-order chi connectivity index (χ0) is 17.6. The molecule has 1 N–H and O–H groups in total. The van der Waals surface area contributed by atoms with E-state index in [-0.39, 0.29) is 17.4 Å². The normalized spacial score (nSPS) is 10.3. The van der Waals surface area contributed by atoms with Crippen LogP contribution in [0.15, 0.2) is 55.0 Å². The van der Waals surface area contributed by atoms with Gasteiger partial charge in [-0.05, 0) is 31.2 Å². The number of rotatable bonds is 5. The Morgan fingerprint density at radius 1 is 1.24 bits per heavy atom. The average Bonchev–Trinajstić information content (AvgIpc) is 2.63. The summed E-state index contributed by atoms with van der Waals surface area (Å²) >= 11 is 0.